The SMILES string of the molecule is CC(C)(Oc1ccc(Cl)cc1Cl)C(=O)NC1CC2CCC(C1)N2c1ccc(C(=O)NC[C@H](O)C(F)(F)F)cn1. The highest BCUT2D eigenvalue weighted by molar-refractivity contribution is 6.35. The average Bonchev–Trinajstić information content (AvgIpc) is 3.13. The smallest absolute Gasteiger partial charge is 0.416 e. The van der Waals surface area contributed by atoms with Gasteiger partial charge in [-0.3, -0.25) is 9.59 Å². The van der Waals surface area contributed by atoms with Crippen molar-refractivity contribution in [1.82, 2.24) is 15.6 Å². The molecule has 39 heavy (non-hydrogen) atoms. The van der Waals surface area contributed by atoms with Crippen molar-refractivity contribution in [2.24, 2.45) is 0 Å². The van der Waals surface area contributed by atoms with Crippen molar-refractivity contribution in [2.75, 3.05) is 11.4 Å². The molecule has 3 N–H and O–H groups in total. The van der Waals surface area contributed by atoms with Crippen LogP contribution >= 0.6 is 23.2 Å². The van der Waals surface area contributed by atoms with Gasteiger partial charge in [0.2, 0.25) is 0 Å². The Hall–Kier alpha value is -2.76. The molecule has 2 amide bonds. The van der Waals surface area contributed by atoms with E-state index in [-0.39, 0.29) is 29.6 Å². The number of anilines is 1. The highest BCUT2D eigenvalue weighted by Crippen LogP contribution is 2.39. The standard InChI is InChI=1S/C26H29Cl2F3N4O4/c1-25(2,39-20-7-4-15(27)9-19(20)28)24(38)34-16-10-17-5-6-18(11-16)35(17)22-8-3-14(12-32-22)23(37)33-13-21(36)26(29,30)31/h3-4,7-9,12,16-18,21,36H,5-6,10-11,13H2,1-2H3,(H,33,37)(H,34,38)/t16?,17?,18?,21-/m0/s1. The molecule has 0 radical (unpaired) electrons. The van der Waals surface area contributed by atoms with E-state index in [1.165, 1.54) is 12.3 Å². The third kappa shape index (κ3) is 6.88. The highest BCUT2D eigenvalue weighted by Gasteiger charge is 2.43. The van der Waals surface area contributed by atoms with Gasteiger partial charge in [0.25, 0.3) is 11.8 Å². The van der Waals surface area contributed by atoms with Crippen LogP contribution in [0.2, 0.25) is 10.0 Å². The first-order chi connectivity index (χ1) is 18.2. The van der Waals surface area contributed by atoms with Crippen LogP contribution in [0.15, 0.2) is 36.5 Å². The number of hydrogen-bond donors (Lipinski definition) is 3. The molecule has 2 bridgehead atoms. The summed E-state index contributed by atoms with van der Waals surface area (Å²) in [7, 11) is 0. The highest BCUT2D eigenvalue weighted by atomic mass is 35.5. The lowest BCUT2D eigenvalue weighted by Gasteiger charge is -2.40. The number of aliphatic hydroxyl groups excluding tert-OH is 1. The van der Waals surface area contributed by atoms with E-state index in [9.17, 15) is 22.8 Å². The Morgan fingerprint density at radius 1 is 1.15 bits per heavy atom. The van der Waals surface area contributed by atoms with E-state index in [1.54, 1.807) is 38.1 Å². The maximum atomic E-state index is 13.1. The van der Waals surface area contributed by atoms with Crippen LogP contribution in [-0.4, -0.2) is 64.5 Å². The summed E-state index contributed by atoms with van der Waals surface area (Å²) in [5, 5.41) is 15.0. The van der Waals surface area contributed by atoms with Gasteiger partial charge in [-0.2, -0.15) is 13.2 Å². The fraction of sp³-hybridized carbons (Fsp3) is 0.500. The average molecular weight is 589 g/mol. The number of benzene rings is 1. The molecular formula is C26H29Cl2F3N4O4. The molecule has 0 saturated carbocycles. The first kappa shape index (κ1) is 29.2. The number of alkyl halides is 3. The monoisotopic (exact) mass is 588 g/mol. The van der Waals surface area contributed by atoms with Crippen LogP contribution in [0.3, 0.4) is 0 Å². The van der Waals surface area contributed by atoms with Gasteiger partial charge in [0, 0.05) is 29.3 Å². The van der Waals surface area contributed by atoms with Gasteiger partial charge in [-0.05, 0) is 69.9 Å². The van der Waals surface area contributed by atoms with Gasteiger partial charge in [0.1, 0.15) is 11.6 Å². The molecule has 13 heteroatoms. The number of hydrogen-bond acceptors (Lipinski definition) is 6. The number of rotatable bonds is 8. The number of amides is 2. The molecule has 3 heterocycles. The number of nitrogens with zero attached hydrogens (tertiary/aromatic N) is 2. The number of ether oxygens (including phenoxy) is 1. The predicted molar refractivity (Wildman–Crippen MR) is 140 cm³/mol. The number of carbonyl (C=O) groups is 2. The van der Waals surface area contributed by atoms with Gasteiger partial charge in [-0.1, -0.05) is 23.2 Å². The van der Waals surface area contributed by atoms with Crippen molar-refractivity contribution >= 4 is 40.8 Å². The Morgan fingerprint density at radius 2 is 1.82 bits per heavy atom. The molecule has 2 aromatic rings. The van der Waals surface area contributed by atoms with Crippen LogP contribution in [0.4, 0.5) is 19.0 Å². The van der Waals surface area contributed by atoms with Crippen molar-refractivity contribution in [3.05, 3.63) is 52.1 Å². The molecule has 212 valence electrons. The summed E-state index contributed by atoms with van der Waals surface area (Å²) < 4.78 is 43.3. The van der Waals surface area contributed by atoms with Crippen LogP contribution in [0, 0.1) is 0 Å². The molecule has 2 aliphatic heterocycles. The van der Waals surface area contributed by atoms with Crippen molar-refractivity contribution in [1.29, 1.82) is 0 Å². The second kappa shape index (κ2) is 11.4. The zero-order chi connectivity index (χ0) is 28.5. The predicted octanol–water partition coefficient (Wildman–Crippen LogP) is 4.52. The quantitative estimate of drug-likeness (QED) is 0.419. The fourth-order valence-electron chi connectivity index (χ4n) is 4.99. The van der Waals surface area contributed by atoms with Gasteiger partial charge in [0.15, 0.2) is 11.7 Å². The molecule has 2 aliphatic rings. The molecule has 4 rings (SSSR count). The summed E-state index contributed by atoms with van der Waals surface area (Å²) in [6.07, 6.45) is -2.93. The molecule has 2 saturated heterocycles. The molecule has 2 unspecified atom stereocenters. The number of nitrogens with one attached hydrogen (secondary N) is 2. The Labute approximate surface area is 233 Å². The fourth-order valence-corrected chi connectivity index (χ4v) is 5.43. The van der Waals surface area contributed by atoms with E-state index in [2.05, 4.69) is 20.5 Å². The van der Waals surface area contributed by atoms with E-state index in [4.69, 9.17) is 33.0 Å². The number of fused-ring (bicyclic) bond motifs is 2. The molecule has 1 aromatic carbocycles. The Bertz CT molecular complexity index is 1200. The summed E-state index contributed by atoms with van der Waals surface area (Å²) in [6, 6.07) is 8.13. The Kier molecular flexibility index (Phi) is 8.53. The molecule has 8 nitrogen and oxygen atoms in total. The van der Waals surface area contributed by atoms with Gasteiger partial charge < -0.3 is 25.4 Å². The van der Waals surface area contributed by atoms with E-state index < -0.39 is 30.3 Å². The number of piperidine rings is 1. The number of aromatic nitrogens is 1. The molecular weight excluding hydrogens is 560 g/mol. The third-order valence-electron chi connectivity index (χ3n) is 6.98. The first-order valence-corrected chi connectivity index (χ1v) is 13.2. The lowest BCUT2D eigenvalue weighted by molar-refractivity contribution is -0.201. The topological polar surface area (TPSA) is 104 Å². The minimum absolute atomic E-state index is 0.0695. The van der Waals surface area contributed by atoms with Gasteiger partial charge >= 0.3 is 6.18 Å². The Balaban J connectivity index is 1.34. The molecule has 2 fully saturated rings. The minimum Gasteiger partial charge on any atom is -0.476 e. The summed E-state index contributed by atoms with van der Waals surface area (Å²) in [5.74, 6) is -0.0157. The second-order valence-electron chi connectivity index (χ2n) is 10.3. The van der Waals surface area contributed by atoms with E-state index in [0.717, 1.165) is 12.8 Å². The molecule has 0 aliphatic carbocycles. The van der Waals surface area contributed by atoms with Gasteiger partial charge in [-0.15, -0.1) is 0 Å². The van der Waals surface area contributed by atoms with Gasteiger partial charge in [-0.25, -0.2) is 4.98 Å². The van der Waals surface area contributed by atoms with Crippen LogP contribution in [0.1, 0.15) is 49.9 Å². The molecule has 0 spiro atoms. The van der Waals surface area contributed by atoms with Crippen LogP contribution in [0.5, 0.6) is 5.75 Å². The van der Waals surface area contributed by atoms with E-state index >= 15 is 0 Å². The van der Waals surface area contributed by atoms with Crippen LogP contribution in [-0.2, 0) is 4.79 Å². The maximum Gasteiger partial charge on any atom is 0.416 e. The summed E-state index contributed by atoms with van der Waals surface area (Å²) >= 11 is 12.1. The van der Waals surface area contributed by atoms with Crippen molar-refractivity contribution in [2.45, 2.75) is 75.5 Å². The number of carbonyl (C=O) groups excluding carboxylic acids is 2. The van der Waals surface area contributed by atoms with Crippen LogP contribution in [0.25, 0.3) is 0 Å². The number of pyridine rings is 1. The molecule has 1 aromatic heterocycles. The summed E-state index contributed by atoms with van der Waals surface area (Å²) in [4.78, 5) is 31.8. The third-order valence-corrected chi connectivity index (χ3v) is 7.51. The summed E-state index contributed by atoms with van der Waals surface area (Å²) in [5.41, 5.74) is -1.09. The zero-order valence-electron chi connectivity index (χ0n) is 21.3. The normalized spacial score (nSPS) is 21.8. The number of halogens is 5. The Morgan fingerprint density at radius 3 is 2.38 bits per heavy atom. The van der Waals surface area contributed by atoms with Crippen molar-refractivity contribution in [3.8, 4) is 5.75 Å². The van der Waals surface area contributed by atoms with Crippen molar-refractivity contribution in [3.63, 3.8) is 0 Å². The first-order valence-electron chi connectivity index (χ1n) is 12.5. The maximum absolute atomic E-state index is 13.1. The van der Waals surface area contributed by atoms with Crippen LogP contribution < -0.4 is 20.3 Å². The van der Waals surface area contributed by atoms with Gasteiger partial charge in [0.05, 0.1) is 17.1 Å². The largest absolute Gasteiger partial charge is 0.476 e. The van der Waals surface area contributed by atoms with E-state index in [1.807, 2.05) is 0 Å². The zero-order valence-corrected chi connectivity index (χ0v) is 22.8. The lowest BCUT2D eigenvalue weighted by Crippen LogP contribution is -2.55. The van der Waals surface area contributed by atoms with E-state index in [0.29, 0.717) is 34.5 Å². The number of aliphatic hydroxyl groups is 1. The summed E-state index contributed by atoms with van der Waals surface area (Å²) in [6.45, 7) is 2.40. The second-order valence-corrected chi connectivity index (χ2v) is 11.1. The lowest BCUT2D eigenvalue weighted by atomic mass is 9.96. The molecule has 3 atom stereocenters. The minimum atomic E-state index is -4.81. The van der Waals surface area contributed by atoms with Crippen molar-refractivity contribution < 1.29 is 32.6 Å².